The summed E-state index contributed by atoms with van der Waals surface area (Å²) >= 11 is 0. The van der Waals surface area contributed by atoms with Gasteiger partial charge in [-0.1, -0.05) is 6.92 Å². The highest BCUT2D eigenvalue weighted by Gasteiger charge is 2.22. The largest absolute Gasteiger partial charge is 0.462 e. The molecule has 16 heavy (non-hydrogen) atoms. The van der Waals surface area contributed by atoms with Gasteiger partial charge in [0.25, 0.3) is 0 Å². The van der Waals surface area contributed by atoms with Crippen molar-refractivity contribution in [3.8, 4) is 0 Å². The van der Waals surface area contributed by atoms with Crippen LogP contribution in [0.2, 0.25) is 0 Å². The topological polar surface area (TPSA) is 41.6 Å². The summed E-state index contributed by atoms with van der Waals surface area (Å²) in [6.45, 7) is 9.43. The summed E-state index contributed by atoms with van der Waals surface area (Å²) in [4.78, 5) is 13.7. The lowest BCUT2D eigenvalue weighted by Crippen LogP contribution is -2.39. The van der Waals surface area contributed by atoms with Crippen molar-refractivity contribution in [1.29, 1.82) is 0 Å². The molecule has 0 aromatic rings. The molecule has 0 bridgehead atoms. The van der Waals surface area contributed by atoms with Gasteiger partial charge in [-0.15, -0.1) is 0 Å². The van der Waals surface area contributed by atoms with E-state index >= 15 is 0 Å². The average molecular weight is 228 g/mol. The molecule has 1 unspecified atom stereocenters. The molecule has 94 valence electrons. The van der Waals surface area contributed by atoms with Crippen LogP contribution in [-0.4, -0.2) is 49.2 Å². The van der Waals surface area contributed by atoms with Gasteiger partial charge in [-0.05, 0) is 39.8 Å². The molecule has 0 aromatic heterocycles. The highest BCUT2D eigenvalue weighted by molar-refractivity contribution is 5.71. The third-order valence-corrected chi connectivity index (χ3v) is 2.92. The fourth-order valence-corrected chi connectivity index (χ4v) is 2.19. The molecule has 0 spiro atoms. The van der Waals surface area contributed by atoms with E-state index in [1.165, 1.54) is 19.4 Å². The van der Waals surface area contributed by atoms with Crippen molar-refractivity contribution in [2.75, 3.05) is 26.2 Å². The number of nitrogens with zero attached hydrogens (tertiary/aromatic N) is 1. The highest BCUT2D eigenvalue weighted by Crippen LogP contribution is 2.15. The van der Waals surface area contributed by atoms with Crippen molar-refractivity contribution in [2.45, 2.75) is 45.8 Å². The molecule has 0 radical (unpaired) electrons. The number of likely N-dealkylation sites (tertiary alicyclic amines) is 1. The van der Waals surface area contributed by atoms with Crippen LogP contribution < -0.4 is 5.32 Å². The number of ether oxygens (including phenoxy) is 1. The van der Waals surface area contributed by atoms with E-state index in [9.17, 15) is 4.79 Å². The first kappa shape index (κ1) is 13.5. The van der Waals surface area contributed by atoms with Crippen LogP contribution in [0.15, 0.2) is 0 Å². The number of likely N-dealkylation sites (N-methyl/N-ethyl adjacent to an activating group) is 1. The molecule has 0 aromatic carbocycles. The van der Waals surface area contributed by atoms with E-state index in [1.807, 2.05) is 13.8 Å². The monoisotopic (exact) mass is 228 g/mol. The van der Waals surface area contributed by atoms with E-state index < -0.39 is 0 Å². The lowest BCUT2D eigenvalue weighted by Gasteiger charge is -2.22. The van der Waals surface area contributed by atoms with Crippen molar-refractivity contribution in [1.82, 2.24) is 10.2 Å². The Balaban J connectivity index is 2.12. The van der Waals surface area contributed by atoms with Crippen LogP contribution in [-0.2, 0) is 9.53 Å². The van der Waals surface area contributed by atoms with Gasteiger partial charge in [0.1, 0.15) is 0 Å². The van der Waals surface area contributed by atoms with Crippen LogP contribution >= 0.6 is 0 Å². The Labute approximate surface area is 98.3 Å². The second-order valence-electron chi connectivity index (χ2n) is 4.59. The molecule has 1 fully saturated rings. The fourth-order valence-electron chi connectivity index (χ4n) is 2.19. The SMILES string of the molecule is CCN1CCCC1CNCC(=O)OC(C)C. The first-order valence-electron chi connectivity index (χ1n) is 6.27. The first-order chi connectivity index (χ1) is 7.63. The predicted octanol–water partition coefficient (Wildman–Crippen LogP) is 1.01. The maximum Gasteiger partial charge on any atom is 0.320 e. The number of hydrogen-bond donors (Lipinski definition) is 1. The Morgan fingerprint density at radius 1 is 1.56 bits per heavy atom. The van der Waals surface area contributed by atoms with Gasteiger partial charge in [-0.2, -0.15) is 0 Å². The minimum atomic E-state index is -0.156. The molecule has 1 rings (SSSR count). The van der Waals surface area contributed by atoms with E-state index in [-0.39, 0.29) is 12.1 Å². The summed E-state index contributed by atoms with van der Waals surface area (Å²) in [6, 6.07) is 0.594. The zero-order valence-corrected chi connectivity index (χ0v) is 10.7. The van der Waals surface area contributed by atoms with Gasteiger partial charge in [-0.25, -0.2) is 0 Å². The van der Waals surface area contributed by atoms with Gasteiger partial charge in [0, 0.05) is 12.6 Å². The van der Waals surface area contributed by atoms with Crippen LogP contribution in [0, 0.1) is 0 Å². The minimum Gasteiger partial charge on any atom is -0.462 e. The van der Waals surface area contributed by atoms with Crippen molar-refractivity contribution in [2.24, 2.45) is 0 Å². The van der Waals surface area contributed by atoms with E-state index in [0.717, 1.165) is 13.1 Å². The summed E-state index contributed by atoms with van der Waals surface area (Å²) in [5.74, 6) is -0.156. The van der Waals surface area contributed by atoms with Crippen LogP contribution in [0.5, 0.6) is 0 Å². The molecule has 1 N–H and O–H groups in total. The van der Waals surface area contributed by atoms with Crippen LogP contribution in [0.4, 0.5) is 0 Å². The number of esters is 1. The van der Waals surface area contributed by atoms with Crippen LogP contribution in [0.1, 0.15) is 33.6 Å². The number of hydrogen-bond acceptors (Lipinski definition) is 4. The molecule has 0 saturated carbocycles. The Kier molecular flexibility index (Phi) is 5.77. The Hall–Kier alpha value is -0.610. The number of rotatable bonds is 6. The number of carbonyl (C=O) groups excluding carboxylic acids is 1. The number of carbonyl (C=O) groups is 1. The Bertz CT molecular complexity index is 219. The van der Waals surface area contributed by atoms with Crippen LogP contribution in [0.25, 0.3) is 0 Å². The van der Waals surface area contributed by atoms with Gasteiger partial charge in [-0.3, -0.25) is 9.69 Å². The molecule has 4 nitrogen and oxygen atoms in total. The second kappa shape index (κ2) is 6.86. The van der Waals surface area contributed by atoms with E-state index in [1.54, 1.807) is 0 Å². The molecule has 1 aliphatic rings. The van der Waals surface area contributed by atoms with Gasteiger partial charge in [0.15, 0.2) is 0 Å². The lowest BCUT2D eigenvalue weighted by atomic mass is 10.2. The summed E-state index contributed by atoms with van der Waals surface area (Å²) < 4.78 is 5.05. The molecule has 1 atom stereocenters. The average Bonchev–Trinajstić information content (AvgIpc) is 2.64. The molecule has 1 heterocycles. The molecule has 1 aliphatic heterocycles. The van der Waals surface area contributed by atoms with Gasteiger partial charge >= 0.3 is 5.97 Å². The molecule has 0 amide bonds. The van der Waals surface area contributed by atoms with Gasteiger partial charge in [0.05, 0.1) is 12.6 Å². The van der Waals surface area contributed by atoms with E-state index in [4.69, 9.17) is 4.74 Å². The molecular weight excluding hydrogens is 204 g/mol. The molecular formula is C12H24N2O2. The quantitative estimate of drug-likeness (QED) is 0.689. The standard InChI is InChI=1S/C12H24N2O2/c1-4-14-7-5-6-11(14)8-13-9-12(15)16-10(2)3/h10-11,13H,4-9H2,1-3H3. The third-order valence-electron chi connectivity index (χ3n) is 2.92. The third kappa shape index (κ3) is 4.49. The lowest BCUT2D eigenvalue weighted by molar-refractivity contribution is -0.146. The van der Waals surface area contributed by atoms with Crippen molar-refractivity contribution >= 4 is 5.97 Å². The van der Waals surface area contributed by atoms with Gasteiger partial charge < -0.3 is 10.1 Å². The normalized spacial score (nSPS) is 21.6. The van der Waals surface area contributed by atoms with Gasteiger partial charge in [0.2, 0.25) is 0 Å². The minimum absolute atomic E-state index is 0.0204. The maximum absolute atomic E-state index is 11.3. The molecule has 4 heteroatoms. The van der Waals surface area contributed by atoms with Crippen molar-refractivity contribution in [3.05, 3.63) is 0 Å². The predicted molar refractivity (Wildman–Crippen MR) is 64.4 cm³/mol. The summed E-state index contributed by atoms with van der Waals surface area (Å²) in [7, 11) is 0. The molecule has 1 saturated heterocycles. The zero-order chi connectivity index (χ0) is 12.0. The summed E-state index contributed by atoms with van der Waals surface area (Å²) in [6.07, 6.45) is 2.49. The summed E-state index contributed by atoms with van der Waals surface area (Å²) in [5.41, 5.74) is 0. The second-order valence-corrected chi connectivity index (χ2v) is 4.59. The van der Waals surface area contributed by atoms with E-state index in [0.29, 0.717) is 12.6 Å². The zero-order valence-electron chi connectivity index (χ0n) is 10.7. The Morgan fingerprint density at radius 3 is 2.94 bits per heavy atom. The van der Waals surface area contributed by atoms with Crippen molar-refractivity contribution in [3.63, 3.8) is 0 Å². The molecule has 0 aliphatic carbocycles. The number of nitrogens with one attached hydrogen (secondary N) is 1. The smallest absolute Gasteiger partial charge is 0.320 e. The highest BCUT2D eigenvalue weighted by atomic mass is 16.5. The maximum atomic E-state index is 11.3. The van der Waals surface area contributed by atoms with Crippen molar-refractivity contribution < 1.29 is 9.53 Å². The fraction of sp³-hybridized carbons (Fsp3) is 0.917. The first-order valence-corrected chi connectivity index (χ1v) is 6.27. The summed E-state index contributed by atoms with van der Waals surface area (Å²) in [5, 5.41) is 3.18. The van der Waals surface area contributed by atoms with E-state index in [2.05, 4.69) is 17.1 Å². The Morgan fingerprint density at radius 2 is 2.31 bits per heavy atom. The van der Waals surface area contributed by atoms with Crippen LogP contribution in [0.3, 0.4) is 0 Å².